The van der Waals surface area contributed by atoms with Crippen molar-refractivity contribution < 1.29 is 19.5 Å². The number of ketones is 1. The van der Waals surface area contributed by atoms with E-state index in [4.69, 9.17) is 0 Å². The molecule has 6 heteroatoms. The molecule has 0 saturated carbocycles. The molecule has 0 spiro atoms. The van der Waals surface area contributed by atoms with Gasteiger partial charge in [-0.25, -0.2) is 4.84 Å². The maximum absolute atomic E-state index is 11.3. The summed E-state index contributed by atoms with van der Waals surface area (Å²) in [6.45, 7) is 1.20. The van der Waals surface area contributed by atoms with Gasteiger partial charge in [-0.05, 0) is 18.9 Å². The van der Waals surface area contributed by atoms with Crippen molar-refractivity contribution in [3.05, 3.63) is 46.0 Å². The Balaban J connectivity index is 2.77. The quantitative estimate of drug-likeness (QED) is 0.436. The van der Waals surface area contributed by atoms with E-state index in [1.165, 1.54) is 6.92 Å². The van der Waals surface area contributed by atoms with Gasteiger partial charge in [0.1, 0.15) is 11.7 Å². The zero-order valence-electron chi connectivity index (χ0n) is 9.16. The molecule has 0 radical (unpaired) electrons. The fraction of sp³-hybridized carbons (Fsp3) is 0.273. The van der Waals surface area contributed by atoms with Crippen LogP contribution in [0.3, 0.4) is 0 Å². The maximum atomic E-state index is 11.3. The smallest absolute Gasteiger partial charge is 0.299 e. The van der Waals surface area contributed by atoms with Crippen LogP contribution in [0.25, 0.3) is 0 Å². The number of rotatable bonds is 5. The van der Waals surface area contributed by atoms with E-state index in [-0.39, 0.29) is 6.42 Å². The zero-order valence-corrected chi connectivity index (χ0v) is 9.16. The zero-order chi connectivity index (χ0) is 12.8. The van der Waals surface area contributed by atoms with Gasteiger partial charge >= 0.3 is 11.1 Å². The van der Waals surface area contributed by atoms with Crippen LogP contribution in [0.4, 0.5) is 0 Å². The molecule has 1 aromatic carbocycles. The van der Waals surface area contributed by atoms with Crippen LogP contribution in [0, 0.1) is 16.0 Å². The molecule has 1 aromatic rings. The molecule has 0 aliphatic rings. The molecule has 1 atom stereocenters. The van der Waals surface area contributed by atoms with Gasteiger partial charge in [-0.1, -0.05) is 30.3 Å². The van der Waals surface area contributed by atoms with Crippen molar-refractivity contribution in [1.82, 2.24) is 0 Å². The molecule has 0 saturated heterocycles. The lowest BCUT2D eigenvalue weighted by atomic mass is 9.96. The Kier molecular flexibility index (Phi) is 4.33. The van der Waals surface area contributed by atoms with E-state index in [0.29, 0.717) is 0 Å². The molecule has 0 aliphatic heterocycles. The predicted octanol–water partition coefficient (Wildman–Crippen LogP) is 1.17. The monoisotopic (exact) mass is 237 g/mol. The summed E-state index contributed by atoms with van der Waals surface area (Å²) in [5.41, 5.74) is 0.744. The largest absolute Gasteiger partial charge is 0.314 e. The third-order valence-corrected chi connectivity index (χ3v) is 2.22. The molecule has 90 valence electrons. The highest BCUT2D eigenvalue weighted by Gasteiger charge is 2.26. The number of benzene rings is 1. The number of hydrogen-bond acceptors (Lipinski definition) is 5. The van der Waals surface area contributed by atoms with E-state index < -0.39 is 22.8 Å². The van der Waals surface area contributed by atoms with Gasteiger partial charge in [-0.3, -0.25) is 9.59 Å². The number of Topliss-reactive ketones (excluding diaryl/α,β-unsaturated/α-hetero) is 1. The first-order valence-corrected chi connectivity index (χ1v) is 4.91. The van der Waals surface area contributed by atoms with Gasteiger partial charge in [0.25, 0.3) is 0 Å². The molecule has 0 fully saturated rings. The van der Waals surface area contributed by atoms with Crippen LogP contribution in [0.2, 0.25) is 0 Å². The molecule has 1 unspecified atom stereocenters. The molecule has 0 bridgehead atoms. The SMILES string of the molecule is CC(=O)C(Cc1ccccc1)C(=O)O[N+](=O)[O-]. The first-order chi connectivity index (χ1) is 8.00. The van der Waals surface area contributed by atoms with E-state index in [1.807, 2.05) is 0 Å². The van der Waals surface area contributed by atoms with Gasteiger partial charge in [0.2, 0.25) is 0 Å². The molecule has 6 nitrogen and oxygen atoms in total. The maximum Gasteiger partial charge on any atom is 0.314 e. The molecule has 0 N–H and O–H groups in total. The van der Waals surface area contributed by atoms with Crippen LogP contribution >= 0.6 is 0 Å². The second-order valence-electron chi connectivity index (χ2n) is 3.49. The Hall–Kier alpha value is -2.24. The standard InChI is InChI=1S/C11H11NO5/c1-8(13)10(11(14)17-12(15)16)7-9-5-3-2-4-6-9/h2-6,10H,7H2,1H3. The van der Waals surface area contributed by atoms with E-state index >= 15 is 0 Å². The van der Waals surface area contributed by atoms with Gasteiger partial charge in [0, 0.05) is 0 Å². The first-order valence-electron chi connectivity index (χ1n) is 4.91. The Morgan fingerprint density at radius 2 is 1.94 bits per heavy atom. The van der Waals surface area contributed by atoms with Gasteiger partial charge in [0.05, 0.1) is 0 Å². The predicted molar refractivity (Wildman–Crippen MR) is 57.4 cm³/mol. The Morgan fingerprint density at radius 1 is 1.35 bits per heavy atom. The van der Waals surface area contributed by atoms with Crippen LogP contribution in [-0.2, 0) is 20.8 Å². The summed E-state index contributed by atoms with van der Waals surface area (Å²) < 4.78 is 0. The lowest BCUT2D eigenvalue weighted by molar-refractivity contribution is -0.730. The number of carbonyl (C=O) groups is 2. The Morgan fingerprint density at radius 3 is 2.41 bits per heavy atom. The fourth-order valence-electron chi connectivity index (χ4n) is 1.38. The van der Waals surface area contributed by atoms with Gasteiger partial charge in [-0.2, -0.15) is 0 Å². The highest BCUT2D eigenvalue weighted by atomic mass is 17.0. The number of hydrogen-bond donors (Lipinski definition) is 0. The second kappa shape index (κ2) is 5.74. The van der Waals surface area contributed by atoms with Crippen molar-refractivity contribution in [2.45, 2.75) is 13.3 Å². The summed E-state index contributed by atoms with van der Waals surface area (Å²) in [7, 11) is 0. The number of carbonyl (C=O) groups excluding carboxylic acids is 2. The molecule has 0 amide bonds. The Bertz CT molecular complexity index is 429. The molecular weight excluding hydrogens is 226 g/mol. The van der Waals surface area contributed by atoms with E-state index in [0.717, 1.165) is 5.56 Å². The topological polar surface area (TPSA) is 86.5 Å². The van der Waals surface area contributed by atoms with Crippen molar-refractivity contribution >= 4 is 11.8 Å². The third kappa shape index (κ3) is 4.02. The lowest BCUT2D eigenvalue weighted by Gasteiger charge is -2.10. The van der Waals surface area contributed by atoms with Crippen molar-refractivity contribution in [2.75, 3.05) is 0 Å². The summed E-state index contributed by atoms with van der Waals surface area (Å²) >= 11 is 0. The van der Waals surface area contributed by atoms with E-state index in [9.17, 15) is 19.7 Å². The molecule has 0 aromatic heterocycles. The van der Waals surface area contributed by atoms with E-state index in [1.54, 1.807) is 30.3 Å². The summed E-state index contributed by atoms with van der Waals surface area (Å²) in [5, 5.41) is 8.84. The summed E-state index contributed by atoms with van der Waals surface area (Å²) in [4.78, 5) is 36.4. The van der Waals surface area contributed by atoms with Crippen LogP contribution in [0.15, 0.2) is 30.3 Å². The van der Waals surface area contributed by atoms with E-state index in [2.05, 4.69) is 4.84 Å². The van der Waals surface area contributed by atoms with Crippen molar-refractivity contribution in [3.8, 4) is 0 Å². The third-order valence-electron chi connectivity index (χ3n) is 2.22. The van der Waals surface area contributed by atoms with Crippen LogP contribution in [-0.4, -0.2) is 16.8 Å². The molecule has 0 heterocycles. The highest BCUT2D eigenvalue weighted by Crippen LogP contribution is 2.11. The second-order valence-corrected chi connectivity index (χ2v) is 3.49. The average molecular weight is 237 g/mol. The van der Waals surface area contributed by atoms with Crippen LogP contribution in [0.5, 0.6) is 0 Å². The minimum Gasteiger partial charge on any atom is -0.299 e. The number of nitrogens with zero attached hydrogens (tertiary/aromatic N) is 1. The summed E-state index contributed by atoms with van der Waals surface area (Å²) in [6.07, 6.45) is 0.100. The Labute approximate surface area is 97.3 Å². The van der Waals surface area contributed by atoms with Gasteiger partial charge < -0.3 is 0 Å². The first kappa shape index (κ1) is 12.8. The van der Waals surface area contributed by atoms with Gasteiger partial charge in [-0.15, -0.1) is 10.1 Å². The highest BCUT2D eigenvalue weighted by molar-refractivity contribution is 5.97. The average Bonchev–Trinajstić information content (AvgIpc) is 2.25. The van der Waals surface area contributed by atoms with Crippen molar-refractivity contribution in [1.29, 1.82) is 0 Å². The summed E-state index contributed by atoms with van der Waals surface area (Å²) in [6, 6.07) is 8.77. The fourth-order valence-corrected chi connectivity index (χ4v) is 1.38. The van der Waals surface area contributed by atoms with Gasteiger partial charge in [0.15, 0.2) is 0 Å². The van der Waals surface area contributed by atoms with Crippen LogP contribution in [0.1, 0.15) is 12.5 Å². The molecule has 1 rings (SSSR count). The van der Waals surface area contributed by atoms with Crippen LogP contribution < -0.4 is 0 Å². The minimum absolute atomic E-state index is 0.100. The molecule has 0 aliphatic carbocycles. The lowest BCUT2D eigenvalue weighted by Crippen LogP contribution is -2.28. The minimum atomic E-state index is -1.21. The van der Waals surface area contributed by atoms with Crippen molar-refractivity contribution in [2.24, 2.45) is 5.92 Å². The normalized spacial score (nSPS) is 11.6. The summed E-state index contributed by atoms with van der Waals surface area (Å²) in [5.74, 6) is -2.73. The van der Waals surface area contributed by atoms with Crippen molar-refractivity contribution in [3.63, 3.8) is 0 Å². The molecular formula is C11H11NO5. The molecule has 17 heavy (non-hydrogen) atoms.